The number of pyridine rings is 1. The highest BCUT2D eigenvalue weighted by Crippen LogP contribution is 2.12. The molecule has 84 valence electrons. The van der Waals surface area contributed by atoms with E-state index in [0.717, 1.165) is 0 Å². The van der Waals surface area contributed by atoms with Crippen LogP contribution in [0.5, 0.6) is 0 Å². The molecular formula is C10H10BrN3O2. The average Bonchev–Trinajstić information content (AvgIpc) is 2.65. The third-order valence-corrected chi connectivity index (χ3v) is 2.72. The van der Waals surface area contributed by atoms with Gasteiger partial charge in [-0.25, -0.2) is 4.98 Å². The van der Waals surface area contributed by atoms with Gasteiger partial charge in [-0.05, 0) is 34.5 Å². The fourth-order valence-corrected chi connectivity index (χ4v) is 1.85. The van der Waals surface area contributed by atoms with Crippen molar-refractivity contribution in [2.24, 2.45) is 0 Å². The Morgan fingerprint density at radius 3 is 3.00 bits per heavy atom. The Morgan fingerprint density at radius 1 is 1.56 bits per heavy atom. The van der Waals surface area contributed by atoms with E-state index in [1.54, 1.807) is 18.2 Å². The number of rotatable bonds is 2. The van der Waals surface area contributed by atoms with Crippen molar-refractivity contribution in [2.45, 2.75) is 18.9 Å². The molecule has 1 saturated heterocycles. The topological polar surface area (TPSA) is 71.1 Å². The first-order valence-electron chi connectivity index (χ1n) is 4.88. The number of nitrogens with zero attached hydrogens (tertiary/aromatic N) is 1. The maximum Gasteiger partial charge on any atom is 0.248 e. The summed E-state index contributed by atoms with van der Waals surface area (Å²) in [5, 5.41) is 5.25. The fraction of sp³-hybridized carbons (Fsp3) is 0.300. The van der Waals surface area contributed by atoms with Crippen molar-refractivity contribution in [3.8, 4) is 0 Å². The lowest BCUT2D eigenvalue weighted by Crippen LogP contribution is -2.37. The molecule has 0 unspecified atom stereocenters. The number of anilines is 1. The van der Waals surface area contributed by atoms with Gasteiger partial charge in [0.1, 0.15) is 16.5 Å². The summed E-state index contributed by atoms with van der Waals surface area (Å²) in [4.78, 5) is 26.7. The van der Waals surface area contributed by atoms with Gasteiger partial charge in [0.05, 0.1) is 0 Å². The van der Waals surface area contributed by atoms with Crippen molar-refractivity contribution >= 4 is 33.6 Å². The third kappa shape index (κ3) is 2.57. The van der Waals surface area contributed by atoms with Crippen LogP contribution in [-0.2, 0) is 9.59 Å². The molecule has 1 fully saturated rings. The van der Waals surface area contributed by atoms with Gasteiger partial charge in [-0.3, -0.25) is 9.59 Å². The molecule has 0 radical (unpaired) electrons. The number of halogens is 1. The van der Waals surface area contributed by atoms with Crippen LogP contribution in [0.1, 0.15) is 12.8 Å². The van der Waals surface area contributed by atoms with Crippen molar-refractivity contribution in [1.29, 1.82) is 0 Å². The van der Waals surface area contributed by atoms with Crippen molar-refractivity contribution in [1.82, 2.24) is 10.3 Å². The van der Waals surface area contributed by atoms with Gasteiger partial charge in [0, 0.05) is 6.42 Å². The predicted octanol–water partition coefficient (Wildman–Crippen LogP) is 1.06. The molecule has 0 saturated carbocycles. The summed E-state index contributed by atoms with van der Waals surface area (Å²) in [5.74, 6) is 0.166. The minimum Gasteiger partial charge on any atom is -0.344 e. The summed E-state index contributed by atoms with van der Waals surface area (Å²) in [6, 6.07) is 4.81. The maximum absolute atomic E-state index is 11.7. The average molecular weight is 284 g/mol. The Morgan fingerprint density at radius 2 is 2.38 bits per heavy atom. The van der Waals surface area contributed by atoms with Gasteiger partial charge in [-0.2, -0.15) is 0 Å². The molecule has 1 aliphatic rings. The molecular weight excluding hydrogens is 274 g/mol. The van der Waals surface area contributed by atoms with Crippen LogP contribution in [0, 0.1) is 0 Å². The molecule has 6 heteroatoms. The number of carbonyl (C=O) groups excluding carboxylic acids is 2. The Labute approximate surface area is 101 Å². The lowest BCUT2D eigenvalue weighted by molar-refractivity contribution is -0.122. The molecule has 1 aromatic rings. The Kier molecular flexibility index (Phi) is 3.19. The number of hydrogen-bond acceptors (Lipinski definition) is 3. The molecule has 16 heavy (non-hydrogen) atoms. The Balaban J connectivity index is 1.99. The first-order valence-corrected chi connectivity index (χ1v) is 5.67. The monoisotopic (exact) mass is 283 g/mol. The standard InChI is InChI=1S/C10H10BrN3O2/c11-7-2-1-3-8(13-7)14-10(16)6-4-5-9(15)12-6/h1-3,6H,4-5H2,(H,12,15)(H,13,14,16)/t6-/m0/s1. The van der Waals surface area contributed by atoms with E-state index in [-0.39, 0.29) is 11.8 Å². The molecule has 2 amide bonds. The lowest BCUT2D eigenvalue weighted by atomic mass is 10.2. The van der Waals surface area contributed by atoms with E-state index in [2.05, 4.69) is 31.5 Å². The van der Waals surface area contributed by atoms with Crippen LogP contribution in [0.2, 0.25) is 0 Å². The highest BCUT2D eigenvalue weighted by molar-refractivity contribution is 9.10. The van der Waals surface area contributed by atoms with E-state index in [0.29, 0.717) is 23.3 Å². The first-order chi connectivity index (χ1) is 7.65. The van der Waals surface area contributed by atoms with Crippen LogP contribution in [0.15, 0.2) is 22.8 Å². The minimum absolute atomic E-state index is 0.0812. The Bertz CT molecular complexity index is 436. The Hall–Kier alpha value is -1.43. The summed E-state index contributed by atoms with van der Waals surface area (Å²) in [6.45, 7) is 0. The molecule has 0 bridgehead atoms. The number of carbonyl (C=O) groups is 2. The van der Waals surface area contributed by atoms with Crippen LogP contribution in [0.25, 0.3) is 0 Å². The quantitative estimate of drug-likeness (QED) is 0.798. The summed E-state index contributed by atoms with van der Waals surface area (Å²) in [5.41, 5.74) is 0. The molecule has 0 spiro atoms. The van der Waals surface area contributed by atoms with Crippen LogP contribution >= 0.6 is 15.9 Å². The molecule has 5 nitrogen and oxygen atoms in total. The molecule has 0 aliphatic carbocycles. The van der Waals surface area contributed by atoms with Gasteiger partial charge in [0.15, 0.2) is 0 Å². The summed E-state index contributed by atoms with van der Waals surface area (Å²) < 4.78 is 0.653. The third-order valence-electron chi connectivity index (χ3n) is 2.28. The molecule has 1 aromatic heterocycles. The van der Waals surface area contributed by atoms with Crippen molar-refractivity contribution < 1.29 is 9.59 Å². The molecule has 0 aromatic carbocycles. The van der Waals surface area contributed by atoms with E-state index in [1.165, 1.54) is 0 Å². The number of aromatic nitrogens is 1. The number of amides is 2. The normalized spacial score (nSPS) is 19.3. The first kappa shape index (κ1) is 11.1. The second-order valence-corrected chi connectivity index (χ2v) is 4.31. The smallest absolute Gasteiger partial charge is 0.248 e. The van der Waals surface area contributed by atoms with Gasteiger partial charge < -0.3 is 10.6 Å². The molecule has 1 atom stereocenters. The van der Waals surface area contributed by atoms with Crippen LogP contribution < -0.4 is 10.6 Å². The van der Waals surface area contributed by atoms with E-state index >= 15 is 0 Å². The van der Waals surface area contributed by atoms with Gasteiger partial charge in [0.25, 0.3) is 0 Å². The van der Waals surface area contributed by atoms with Gasteiger partial charge in [-0.15, -0.1) is 0 Å². The largest absolute Gasteiger partial charge is 0.344 e. The highest BCUT2D eigenvalue weighted by atomic mass is 79.9. The molecule has 2 rings (SSSR count). The van der Waals surface area contributed by atoms with Gasteiger partial charge in [-0.1, -0.05) is 6.07 Å². The second kappa shape index (κ2) is 4.61. The van der Waals surface area contributed by atoms with Crippen LogP contribution in [0.4, 0.5) is 5.82 Å². The van der Waals surface area contributed by atoms with Crippen molar-refractivity contribution in [3.63, 3.8) is 0 Å². The summed E-state index contributed by atoms with van der Waals surface area (Å²) >= 11 is 3.21. The number of nitrogens with one attached hydrogen (secondary N) is 2. The summed E-state index contributed by atoms with van der Waals surface area (Å²) in [7, 11) is 0. The summed E-state index contributed by atoms with van der Waals surface area (Å²) in [6.07, 6.45) is 0.947. The predicted molar refractivity (Wildman–Crippen MR) is 61.7 cm³/mol. The number of hydrogen-bond donors (Lipinski definition) is 2. The van der Waals surface area contributed by atoms with E-state index in [9.17, 15) is 9.59 Å². The van der Waals surface area contributed by atoms with E-state index < -0.39 is 6.04 Å². The fourth-order valence-electron chi connectivity index (χ4n) is 1.50. The molecule has 2 heterocycles. The van der Waals surface area contributed by atoms with Crippen molar-refractivity contribution in [3.05, 3.63) is 22.8 Å². The molecule has 2 N–H and O–H groups in total. The zero-order chi connectivity index (χ0) is 11.5. The zero-order valence-corrected chi connectivity index (χ0v) is 9.95. The van der Waals surface area contributed by atoms with Gasteiger partial charge >= 0.3 is 0 Å². The SMILES string of the molecule is O=C1CC[C@@H](C(=O)Nc2cccc(Br)n2)N1. The van der Waals surface area contributed by atoms with Gasteiger partial charge in [0.2, 0.25) is 11.8 Å². The highest BCUT2D eigenvalue weighted by Gasteiger charge is 2.27. The minimum atomic E-state index is -0.437. The second-order valence-electron chi connectivity index (χ2n) is 3.49. The molecule has 1 aliphatic heterocycles. The van der Waals surface area contributed by atoms with Crippen molar-refractivity contribution in [2.75, 3.05) is 5.32 Å². The zero-order valence-electron chi connectivity index (χ0n) is 8.37. The maximum atomic E-state index is 11.7. The van der Waals surface area contributed by atoms with Crippen LogP contribution in [0.3, 0.4) is 0 Å². The van der Waals surface area contributed by atoms with E-state index in [4.69, 9.17) is 0 Å². The van der Waals surface area contributed by atoms with E-state index in [1.807, 2.05) is 0 Å². The van der Waals surface area contributed by atoms with Crippen LogP contribution in [-0.4, -0.2) is 22.8 Å². The lowest BCUT2D eigenvalue weighted by Gasteiger charge is -2.10.